The maximum atomic E-state index is 12.5. The zero-order valence-electron chi connectivity index (χ0n) is 8.29. The molecule has 0 unspecified atom stereocenters. The van der Waals surface area contributed by atoms with E-state index >= 15 is 0 Å². The Morgan fingerprint density at radius 1 is 1.21 bits per heavy atom. The van der Waals surface area contributed by atoms with Gasteiger partial charge in [0.2, 0.25) is 5.91 Å². The van der Waals surface area contributed by atoms with Crippen molar-refractivity contribution < 1.29 is 9.18 Å². The first-order valence-electron chi connectivity index (χ1n) is 5.35. The van der Waals surface area contributed by atoms with Crippen LogP contribution in [0.2, 0.25) is 0 Å². The van der Waals surface area contributed by atoms with Crippen LogP contribution in [-0.2, 0) is 4.79 Å². The van der Waals surface area contributed by atoms with Crippen LogP contribution in [0.4, 0.5) is 4.39 Å². The van der Waals surface area contributed by atoms with Crippen LogP contribution in [0.3, 0.4) is 0 Å². The van der Waals surface area contributed by atoms with Gasteiger partial charge < -0.3 is 10.6 Å². The molecule has 2 N–H and O–H groups in total. The number of hydrogen-bond acceptors (Lipinski definition) is 2. The number of carbonyl (C=O) groups excluding carboxylic acids is 1. The molecule has 0 aromatic carbocycles. The summed E-state index contributed by atoms with van der Waals surface area (Å²) in [6.45, 7) is 0.614. The van der Waals surface area contributed by atoms with Gasteiger partial charge in [0.15, 0.2) is 0 Å². The van der Waals surface area contributed by atoms with E-state index in [1.807, 2.05) is 0 Å². The standard InChI is InChI=1S/C10H17FN2O/c11-8-5-13(6-8)10(14)7-1-3-9(12)4-2-7/h7-9H,1-6,12H2. The Labute approximate surface area is 83.4 Å². The lowest BCUT2D eigenvalue weighted by Gasteiger charge is -2.38. The maximum absolute atomic E-state index is 12.5. The fraction of sp³-hybridized carbons (Fsp3) is 0.900. The molecule has 4 heteroatoms. The molecule has 1 saturated carbocycles. The molecule has 0 aromatic heterocycles. The van der Waals surface area contributed by atoms with Gasteiger partial charge in [-0.1, -0.05) is 0 Å². The number of hydrogen-bond donors (Lipinski definition) is 1. The SMILES string of the molecule is NC1CCC(C(=O)N2CC(F)C2)CC1. The van der Waals surface area contributed by atoms with Crippen LogP contribution in [0, 0.1) is 5.92 Å². The van der Waals surface area contributed by atoms with Gasteiger partial charge in [-0.3, -0.25) is 4.79 Å². The van der Waals surface area contributed by atoms with E-state index in [4.69, 9.17) is 5.73 Å². The third kappa shape index (κ3) is 1.90. The Hall–Kier alpha value is -0.640. The lowest BCUT2D eigenvalue weighted by molar-refractivity contribution is -0.143. The van der Waals surface area contributed by atoms with Crippen molar-refractivity contribution in [2.45, 2.75) is 37.9 Å². The van der Waals surface area contributed by atoms with Gasteiger partial charge in [0.1, 0.15) is 6.17 Å². The summed E-state index contributed by atoms with van der Waals surface area (Å²) in [6.07, 6.45) is 2.85. The predicted octanol–water partition coefficient (Wildman–Crippen LogP) is 0.684. The average molecular weight is 200 g/mol. The highest BCUT2D eigenvalue weighted by molar-refractivity contribution is 5.79. The van der Waals surface area contributed by atoms with E-state index in [1.54, 1.807) is 4.90 Å². The molecule has 0 radical (unpaired) electrons. The second-order valence-corrected chi connectivity index (χ2v) is 4.45. The first-order chi connectivity index (χ1) is 6.66. The van der Waals surface area contributed by atoms with E-state index in [1.165, 1.54) is 0 Å². The van der Waals surface area contributed by atoms with E-state index in [9.17, 15) is 9.18 Å². The van der Waals surface area contributed by atoms with Crippen molar-refractivity contribution in [1.82, 2.24) is 4.90 Å². The van der Waals surface area contributed by atoms with Gasteiger partial charge in [-0.05, 0) is 25.7 Å². The van der Waals surface area contributed by atoms with E-state index in [-0.39, 0.29) is 17.9 Å². The zero-order chi connectivity index (χ0) is 10.1. The molecule has 1 aliphatic carbocycles. The maximum Gasteiger partial charge on any atom is 0.225 e. The van der Waals surface area contributed by atoms with Crippen LogP contribution < -0.4 is 5.73 Å². The molecule has 0 atom stereocenters. The smallest absolute Gasteiger partial charge is 0.225 e. The van der Waals surface area contributed by atoms with Crippen LogP contribution >= 0.6 is 0 Å². The summed E-state index contributed by atoms with van der Waals surface area (Å²) in [5.41, 5.74) is 5.76. The number of likely N-dealkylation sites (tertiary alicyclic amines) is 1. The molecule has 2 rings (SSSR count). The van der Waals surface area contributed by atoms with Crippen molar-refractivity contribution >= 4 is 5.91 Å². The number of alkyl halides is 1. The number of nitrogens with two attached hydrogens (primary N) is 1. The van der Waals surface area contributed by atoms with E-state index < -0.39 is 6.17 Å². The fourth-order valence-electron chi connectivity index (χ4n) is 2.23. The summed E-state index contributed by atoms with van der Waals surface area (Å²) in [5, 5.41) is 0. The van der Waals surface area contributed by atoms with Crippen molar-refractivity contribution in [3.63, 3.8) is 0 Å². The quantitative estimate of drug-likeness (QED) is 0.676. The summed E-state index contributed by atoms with van der Waals surface area (Å²) in [5.74, 6) is 0.258. The Kier molecular flexibility index (Phi) is 2.72. The minimum Gasteiger partial charge on any atom is -0.336 e. The number of rotatable bonds is 1. The molecule has 14 heavy (non-hydrogen) atoms. The molecule has 0 aromatic rings. The molecular weight excluding hydrogens is 183 g/mol. The van der Waals surface area contributed by atoms with Crippen molar-refractivity contribution in [3.05, 3.63) is 0 Å². The van der Waals surface area contributed by atoms with Gasteiger partial charge in [-0.15, -0.1) is 0 Å². The fourth-order valence-corrected chi connectivity index (χ4v) is 2.23. The molecule has 80 valence electrons. The van der Waals surface area contributed by atoms with Crippen molar-refractivity contribution in [2.24, 2.45) is 11.7 Å². The first kappa shape index (κ1) is 9.90. The van der Waals surface area contributed by atoms with Crippen molar-refractivity contribution in [1.29, 1.82) is 0 Å². The normalized spacial score (nSPS) is 34.0. The molecule has 1 saturated heterocycles. The third-order valence-corrected chi connectivity index (χ3v) is 3.27. The van der Waals surface area contributed by atoms with Crippen LogP contribution in [-0.4, -0.2) is 36.1 Å². The second-order valence-electron chi connectivity index (χ2n) is 4.45. The highest BCUT2D eigenvalue weighted by Gasteiger charge is 2.35. The summed E-state index contributed by atoms with van der Waals surface area (Å²) < 4.78 is 12.5. The molecule has 1 amide bonds. The van der Waals surface area contributed by atoms with Gasteiger partial charge in [0.05, 0.1) is 13.1 Å². The zero-order valence-corrected chi connectivity index (χ0v) is 8.29. The van der Waals surface area contributed by atoms with Crippen LogP contribution in [0.25, 0.3) is 0 Å². The Balaban J connectivity index is 1.81. The van der Waals surface area contributed by atoms with Crippen molar-refractivity contribution in [3.8, 4) is 0 Å². The van der Waals surface area contributed by atoms with E-state index in [0.717, 1.165) is 25.7 Å². The molecule has 1 aliphatic heterocycles. The number of halogens is 1. The summed E-state index contributed by atoms with van der Waals surface area (Å²) in [4.78, 5) is 13.4. The van der Waals surface area contributed by atoms with Gasteiger partial charge in [0.25, 0.3) is 0 Å². The molecule has 2 fully saturated rings. The van der Waals surface area contributed by atoms with Gasteiger partial charge in [0, 0.05) is 12.0 Å². The minimum absolute atomic E-state index is 0.113. The number of nitrogens with zero attached hydrogens (tertiary/aromatic N) is 1. The van der Waals surface area contributed by atoms with E-state index in [0.29, 0.717) is 13.1 Å². The largest absolute Gasteiger partial charge is 0.336 e. The Morgan fingerprint density at radius 2 is 1.79 bits per heavy atom. The average Bonchev–Trinajstić information content (AvgIpc) is 2.13. The summed E-state index contributed by atoms with van der Waals surface area (Å²) in [6, 6.07) is 0.268. The van der Waals surface area contributed by atoms with Gasteiger partial charge in [-0.2, -0.15) is 0 Å². The molecule has 1 heterocycles. The third-order valence-electron chi connectivity index (χ3n) is 3.27. The molecule has 3 nitrogen and oxygen atoms in total. The monoisotopic (exact) mass is 200 g/mol. The van der Waals surface area contributed by atoms with Crippen LogP contribution in [0.5, 0.6) is 0 Å². The highest BCUT2D eigenvalue weighted by Crippen LogP contribution is 2.27. The molecular formula is C10H17FN2O. The summed E-state index contributed by atoms with van der Waals surface area (Å²) in [7, 11) is 0. The molecule has 2 aliphatic rings. The Bertz CT molecular complexity index is 220. The van der Waals surface area contributed by atoms with E-state index in [2.05, 4.69) is 0 Å². The van der Waals surface area contributed by atoms with Crippen LogP contribution in [0.1, 0.15) is 25.7 Å². The second kappa shape index (κ2) is 3.85. The Morgan fingerprint density at radius 3 is 2.29 bits per heavy atom. The van der Waals surface area contributed by atoms with Crippen LogP contribution in [0.15, 0.2) is 0 Å². The van der Waals surface area contributed by atoms with Crippen molar-refractivity contribution in [2.75, 3.05) is 13.1 Å². The number of amides is 1. The number of carbonyl (C=O) groups is 1. The van der Waals surface area contributed by atoms with Gasteiger partial charge in [-0.25, -0.2) is 4.39 Å². The lowest BCUT2D eigenvalue weighted by atomic mass is 9.85. The highest BCUT2D eigenvalue weighted by atomic mass is 19.1. The lowest BCUT2D eigenvalue weighted by Crippen LogP contribution is -2.54. The molecule has 0 bridgehead atoms. The van der Waals surface area contributed by atoms with Gasteiger partial charge >= 0.3 is 0 Å². The first-order valence-corrected chi connectivity index (χ1v) is 5.35. The summed E-state index contributed by atoms with van der Waals surface area (Å²) >= 11 is 0. The topological polar surface area (TPSA) is 46.3 Å². The molecule has 0 spiro atoms. The minimum atomic E-state index is -0.787. The predicted molar refractivity (Wildman–Crippen MR) is 51.4 cm³/mol.